The summed E-state index contributed by atoms with van der Waals surface area (Å²) in [5.41, 5.74) is 0.425. The molecule has 1 aromatic rings. The van der Waals surface area contributed by atoms with Gasteiger partial charge < -0.3 is 10.2 Å². The van der Waals surface area contributed by atoms with Crippen molar-refractivity contribution < 1.29 is 4.79 Å². The van der Waals surface area contributed by atoms with Crippen LogP contribution >= 0.6 is 0 Å². The Balaban J connectivity index is 2.04. The van der Waals surface area contributed by atoms with E-state index in [9.17, 15) is 4.79 Å². The monoisotopic (exact) mass is 206 g/mol. The average molecular weight is 206 g/mol. The number of hydrogen-bond acceptors (Lipinski definition) is 4. The minimum atomic E-state index is -0.0270. The van der Waals surface area contributed by atoms with E-state index in [1.54, 1.807) is 12.4 Å². The van der Waals surface area contributed by atoms with Gasteiger partial charge in [0.15, 0.2) is 0 Å². The third-order valence-electron chi connectivity index (χ3n) is 2.67. The topological polar surface area (TPSA) is 58.1 Å². The van der Waals surface area contributed by atoms with Crippen molar-refractivity contribution in [2.24, 2.45) is 0 Å². The molecule has 1 saturated heterocycles. The number of likely N-dealkylation sites (N-methyl/N-ethyl adjacent to an activating group) is 1. The fraction of sp³-hybridized carbons (Fsp3) is 0.500. The Kier molecular flexibility index (Phi) is 2.91. The molecule has 80 valence electrons. The Bertz CT molecular complexity index is 341. The second kappa shape index (κ2) is 4.35. The van der Waals surface area contributed by atoms with Gasteiger partial charge in [-0.3, -0.25) is 9.78 Å². The van der Waals surface area contributed by atoms with Gasteiger partial charge >= 0.3 is 0 Å². The minimum Gasteiger partial charge on any atom is -0.336 e. The number of nitrogens with zero attached hydrogens (tertiary/aromatic N) is 3. The highest BCUT2D eigenvalue weighted by Crippen LogP contribution is 2.11. The molecule has 0 aromatic carbocycles. The number of rotatable bonds is 2. The lowest BCUT2D eigenvalue weighted by Gasteiger charge is -2.15. The molecule has 2 rings (SSSR count). The van der Waals surface area contributed by atoms with Crippen molar-refractivity contribution in [1.29, 1.82) is 0 Å². The van der Waals surface area contributed by atoms with Crippen LogP contribution in [0, 0.1) is 0 Å². The molecule has 0 radical (unpaired) electrons. The van der Waals surface area contributed by atoms with Crippen LogP contribution in [0.25, 0.3) is 0 Å². The quantitative estimate of drug-likeness (QED) is 0.734. The Morgan fingerprint density at radius 2 is 2.47 bits per heavy atom. The van der Waals surface area contributed by atoms with Crippen molar-refractivity contribution in [3.05, 3.63) is 24.3 Å². The molecule has 2 heterocycles. The van der Waals surface area contributed by atoms with Crippen molar-refractivity contribution in [1.82, 2.24) is 20.2 Å². The summed E-state index contributed by atoms with van der Waals surface area (Å²) in [6.07, 6.45) is 5.62. The highest BCUT2D eigenvalue weighted by atomic mass is 16.2. The molecule has 1 fully saturated rings. The van der Waals surface area contributed by atoms with Crippen molar-refractivity contribution >= 4 is 5.91 Å². The molecule has 1 N–H and O–H groups in total. The molecule has 1 aromatic heterocycles. The molecule has 0 saturated carbocycles. The maximum Gasteiger partial charge on any atom is 0.274 e. The number of amides is 1. The molecule has 0 spiro atoms. The van der Waals surface area contributed by atoms with Crippen LogP contribution in [0.15, 0.2) is 18.6 Å². The minimum absolute atomic E-state index is 0.0270. The van der Waals surface area contributed by atoms with Gasteiger partial charge in [-0.25, -0.2) is 4.98 Å². The number of likely N-dealkylation sites (tertiary alicyclic amines) is 1. The van der Waals surface area contributed by atoms with Crippen LogP contribution in [0.4, 0.5) is 0 Å². The fourth-order valence-electron chi connectivity index (χ4n) is 1.75. The van der Waals surface area contributed by atoms with Gasteiger partial charge in [-0.15, -0.1) is 0 Å². The number of nitrogens with one attached hydrogen (secondary N) is 1. The number of carbonyl (C=O) groups excluding carboxylic acids is 1. The van der Waals surface area contributed by atoms with Gasteiger partial charge in [0.2, 0.25) is 0 Å². The average Bonchev–Trinajstić information content (AvgIpc) is 2.78. The van der Waals surface area contributed by atoms with Crippen molar-refractivity contribution in [2.45, 2.75) is 12.5 Å². The van der Waals surface area contributed by atoms with E-state index in [0.29, 0.717) is 11.7 Å². The van der Waals surface area contributed by atoms with Crippen LogP contribution in [-0.4, -0.2) is 47.0 Å². The van der Waals surface area contributed by atoms with Gasteiger partial charge in [-0.1, -0.05) is 0 Å². The van der Waals surface area contributed by atoms with E-state index < -0.39 is 0 Å². The summed E-state index contributed by atoms with van der Waals surface area (Å²) >= 11 is 0. The van der Waals surface area contributed by atoms with E-state index in [1.807, 2.05) is 11.9 Å². The van der Waals surface area contributed by atoms with Crippen LogP contribution in [0.1, 0.15) is 16.9 Å². The summed E-state index contributed by atoms with van der Waals surface area (Å²) in [6, 6.07) is 0.408. The molecule has 15 heavy (non-hydrogen) atoms. The third-order valence-corrected chi connectivity index (χ3v) is 2.67. The molecule has 5 nitrogen and oxygen atoms in total. The van der Waals surface area contributed by atoms with Gasteiger partial charge in [0.25, 0.3) is 5.91 Å². The van der Waals surface area contributed by atoms with Crippen molar-refractivity contribution in [3.8, 4) is 0 Å². The van der Waals surface area contributed by atoms with Crippen LogP contribution in [0.5, 0.6) is 0 Å². The summed E-state index contributed by atoms with van der Waals surface area (Å²) in [5, 5.41) is 3.17. The van der Waals surface area contributed by atoms with Crippen LogP contribution in [-0.2, 0) is 0 Å². The second-order valence-corrected chi connectivity index (χ2v) is 3.62. The highest BCUT2D eigenvalue weighted by Gasteiger charge is 2.26. The van der Waals surface area contributed by atoms with E-state index >= 15 is 0 Å². The van der Waals surface area contributed by atoms with E-state index in [0.717, 1.165) is 19.5 Å². The Labute approximate surface area is 88.5 Å². The summed E-state index contributed by atoms with van der Waals surface area (Å²) < 4.78 is 0. The van der Waals surface area contributed by atoms with E-state index in [1.165, 1.54) is 6.20 Å². The standard InChI is InChI=1S/C10H14N4O/c1-11-8-2-5-14(7-8)10(15)9-6-12-3-4-13-9/h3-4,6,8,11H,2,5,7H2,1H3. The summed E-state index contributed by atoms with van der Waals surface area (Å²) in [7, 11) is 1.92. The lowest BCUT2D eigenvalue weighted by Crippen LogP contribution is -2.33. The third kappa shape index (κ3) is 2.12. The number of carbonyl (C=O) groups is 1. The molecule has 5 heteroatoms. The van der Waals surface area contributed by atoms with E-state index in [4.69, 9.17) is 0 Å². The molecular weight excluding hydrogens is 192 g/mol. The largest absolute Gasteiger partial charge is 0.336 e. The van der Waals surface area contributed by atoms with E-state index in [-0.39, 0.29) is 5.91 Å². The normalized spacial score (nSPS) is 20.6. The smallest absolute Gasteiger partial charge is 0.274 e. The first kappa shape index (κ1) is 10.0. The van der Waals surface area contributed by atoms with Crippen LogP contribution < -0.4 is 5.32 Å². The number of hydrogen-bond donors (Lipinski definition) is 1. The zero-order valence-electron chi connectivity index (χ0n) is 8.68. The van der Waals surface area contributed by atoms with Gasteiger partial charge in [-0.2, -0.15) is 0 Å². The molecular formula is C10H14N4O. The van der Waals surface area contributed by atoms with Crippen LogP contribution in [0.2, 0.25) is 0 Å². The first-order valence-electron chi connectivity index (χ1n) is 5.04. The van der Waals surface area contributed by atoms with Gasteiger partial charge in [0.1, 0.15) is 5.69 Å². The Hall–Kier alpha value is -1.49. The lowest BCUT2D eigenvalue weighted by molar-refractivity contribution is 0.0783. The molecule has 1 unspecified atom stereocenters. The fourth-order valence-corrected chi connectivity index (χ4v) is 1.75. The van der Waals surface area contributed by atoms with E-state index in [2.05, 4.69) is 15.3 Å². The first-order chi connectivity index (χ1) is 7.31. The first-order valence-corrected chi connectivity index (χ1v) is 5.04. The second-order valence-electron chi connectivity index (χ2n) is 3.62. The van der Waals surface area contributed by atoms with Crippen molar-refractivity contribution in [3.63, 3.8) is 0 Å². The Morgan fingerprint density at radius 1 is 1.60 bits per heavy atom. The lowest BCUT2D eigenvalue weighted by atomic mass is 10.3. The predicted octanol–water partition coefficient (Wildman–Crippen LogP) is -0.0895. The van der Waals surface area contributed by atoms with Crippen molar-refractivity contribution in [2.75, 3.05) is 20.1 Å². The van der Waals surface area contributed by atoms with Gasteiger partial charge in [0, 0.05) is 31.5 Å². The SMILES string of the molecule is CNC1CCN(C(=O)c2cnccn2)C1. The molecule has 1 aliphatic rings. The molecule has 1 aliphatic heterocycles. The summed E-state index contributed by atoms with van der Waals surface area (Å²) in [4.78, 5) is 21.6. The highest BCUT2D eigenvalue weighted by molar-refractivity contribution is 5.92. The maximum absolute atomic E-state index is 11.9. The summed E-state index contributed by atoms with van der Waals surface area (Å²) in [5.74, 6) is -0.0270. The van der Waals surface area contributed by atoms with Gasteiger partial charge in [-0.05, 0) is 13.5 Å². The number of aromatic nitrogens is 2. The summed E-state index contributed by atoms with van der Waals surface area (Å²) in [6.45, 7) is 1.55. The molecule has 0 bridgehead atoms. The molecule has 1 amide bonds. The maximum atomic E-state index is 11.9. The molecule has 0 aliphatic carbocycles. The zero-order valence-corrected chi connectivity index (χ0v) is 8.68. The molecule has 1 atom stereocenters. The zero-order chi connectivity index (χ0) is 10.7. The van der Waals surface area contributed by atoms with Crippen LogP contribution in [0.3, 0.4) is 0 Å². The van der Waals surface area contributed by atoms with Gasteiger partial charge in [0.05, 0.1) is 6.20 Å². The Morgan fingerprint density at radius 3 is 3.07 bits per heavy atom. The predicted molar refractivity (Wildman–Crippen MR) is 55.4 cm³/mol.